The molecule has 1 aromatic carbocycles. The second kappa shape index (κ2) is 7.20. The van der Waals surface area contributed by atoms with Crippen molar-refractivity contribution in [2.24, 2.45) is 13.0 Å². The number of hydrogen-bond donors (Lipinski definition) is 1. The molecule has 4 nitrogen and oxygen atoms in total. The van der Waals surface area contributed by atoms with Gasteiger partial charge in [-0.3, -0.25) is 4.68 Å². The summed E-state index contributed by atoms with van der Waals surface area (Å²) in [6.07, 6.45) is 4.05. The van der Waals surface area contributed by atoms with E-state index < -0.39 is 0 Å². The number of aromatic nitrogens is 3. The fourth-order valence-corrected chi connectivity index (χ4v) is 2.41. The molecule has 1 heterocycles. The standard InChI is InChI=1S/C16H24N4/c1-4-17-11-15(10-16-12-20(3)19-18-16)9-14-7-5-13(2)6-8-14/h5-8,12,15,17H,4,9-11H2,1-3H3. The number of nitrogens with zero attached hydrogens (tertiary/aromatic N) is 3. The summed E-state index contributed by atoms with van der Waals surface area (Å²) < 4.78 is 1.77. The van der Waals surface area contributed by atoms with Crippen molar-refractivity contribution in [3.8, 4) is 0 Å². The highest BCUT2D eigenvalue weighted by Gasteiger charge is 2.12. The SMILES string of the molecule is CCNCC(Cc1ccc(C)cc1)Cc1cn(C)nn1. The highest BCUT2D eigenvalue weighted by molar-refractivity contribution is 5.22. The molecular formula is C16H24N4. The van der Waals surface area contributed by atoms with Crippen molar-refractivity contribution >= 4 is 0 Å². The summed E-state index contributed by atoms with van der Waals surface area (Å²) in [6, 6.07) is 8.82. The van der Waals surface area contributed by atoms with Crippen molar-refractivity contribution in [3.05, 3.63) is 47.3 Å². The fourth-order valence-electron chi connectivity index (χ4n) is 2.41. The van der Waals surface area contributed by atoms with E-state index in [1.807, 2.05) is 13.2 Å². The van der Waals surface area contributed by atoms with Gasteiger partial charge in [-0.1, -0.05) is 42.0 Å². The molecular weight excluding hydrogens is 248 g/mol. The van der Waals surface area contributed by atoms with Gasteiger partial charge in [-0.2, -0.15) is 0 Å². The Morgan fingerprint density at radius 3 is 2.55 bits per heavy atom. The van der Waals surface area contributed by atoms with Gasteiger partial charge in [0, 0.05) is 13.2 Å². The third kappa shape index (κ3) is 4.46. The van der Waals surface area contributed by atoms with Gasteiger partial charge in [0.1, 0.15) is 0 Å². The summed E-state index contributed by atoms with van der Waals surface area (Å²) in [7, 11) is 1.91. The van der Waals surface area contributed by atoms with Crippen molar-refractivity contribution in [2.75, 3.05) is 13.1 Å². The molecule has 0 aliphatic heterocycles. The highest BCUT2D eigenvalue weighted by Crippen LogP contribution is 2.14. The van der Waals surface area contributed by atoms with Crippen molar-refractivity contribution < 1.29 is 0 Å². The molecule has 0 spiro atoms. The van der Waals surface area contributed by atoms with Crippen LogP contribution >= 0.6 is 0 Å². The molecule has 2 rings (SSSR count). The first kappa shape index (κ1) is 14.7. The molecule has 0 bridgehead atoms. The molecule has 108 valence electrons. The van der Waals surface area contributed by atoms with Gasteiger partial charge >= 0.3 is 0 Å². The predicted molar refractivity (Wildman–Crippen MR) is 81.6 cm³/mol. The van der Waals surface area contributed by atoms with Crippen molar-refractivity contribution in [1.29, 1.82) is 0 Å². The topological polar surface area (TPSA) is 42.7 Å². The van der Waals surface area contributed by atoms with E-state index in [1.54, 1.807) is 4.68 Å². The van der Waals surface area contributed by atoms with Gasteiger partial charge < -0.3 is 5.32 Å². The predicted octanol–water partition coefficient (Wildman–Crippen LogP) is 2.13. The molecule has 4 heteroatoms. The van der Waals surface area contributed by atoms with Gasteiger partial charge in [-0.15, -0.1) is 5.10 Å². The summed E-state index contributed by atoms with van der Waals surface area (Å²) in [5, 5.41) is 11.7. The molecule has 0 aliphatic carbocycles. The van der Waals surface area contributed by atoms with Crippen molar-refractivity contribution in [1.82, 2.24) is 20.3 Å². The lowest BCUT2D eigenvalue weighted by atomic mass is 9.94. The number of benzene rings is 1. The lowest BCUT2D eigenvalue weighted by molar-refractivity contribution is 0.473. The number of aryl methyl sites for hydroxylation is 2. The zero-order chi connectivity index (χ0) is 14.4. The van der Waals surface area contributed by atoms with E-state index in [0.29, 0.717) is 5.92 Å². The molecule has 1 atom stereocenters. The molecule has 0 saturated heterocycles. The Morgan fingerprint density at radius 1 is 1.20 bits per heavy atom. The van der Waals surface area contributed by atoms with E-state index in [9.17, 15) is 0 Å². The Bertz CT molecular complexity index is 516. The Labute approximate surface area is 121 Å². The zero-order valence-corrected chi connectivity index (χ0v) is 12.6. The maximum absolute atomic E-state index is 4.20. The molecule has 0 fully saturated rings. The van der Waals surface area contributed by atoms with Gasteiger partial charge in [-0.25, -0.2) is 0 Å². The summed E-state index contributed by atoms with van der Waals surface area (Å²) in [4.78, 5) is 0. The van der Waals surface area contributed by atoms with Crippen LogP contribution in [-0.4, -0.2) is 28.1 Å². The Hall–Kier alpha value is -1.68. The largest absolute Gasteiger partial charge is 0.317 e. The summed E-state index contributed by atoms with van der Waals surface area (Å²) in [5.41, 5.74) is 3.77. The number of hydrogen-bond acceptors (Lipinski definition) is 3. The fraction of sp³-hybridized carbons (Fsp3) is 0.500. The molecule has 1 unspecified atom stereocenters. The van der Waals surface area contributed by atoms with Gasteiger partial charge in [0.15, 0.2) is 0 Å². The second-order valence-corrected chi connectivity index (χ2v) is 5.45. The average molecular weight is 272 g/mol. The average Bonchev–Trinajstić information content (AvgIpc) is 2.84. The number of nitrogens with one attached hydrogen (secondary N) is 1. The Balaban J connectivity index is 2.00. The van der Waals surface area contributed by atoms with Crippen LogP contribution in [0.2, 0.25) is 0 Å². The minimum atomic E-state index is 0.550. The summed E-state index contributed by atoms with van der Waals surface area (Å²) in [5.74, 6) is 0.550. The van der Waals surface area contributed by atoms with E-state index in [2.05, 4.69) is 53.7 Å². The maximum Gasteiger partial charge on any atom is 0.0830 e. The highest BCUT2D eigenvalue weighted by atomic mass is 15.4. The summed E-state index contributed by atoms with van der Waals surface area (Å²) >= 11 is 0. The molecule has 0 saturated carbocycles. The molecule has 1 aromatic heterocycles. The monoisotopic (exact) mass is 272 g/mol. The molecule has 1 N–H and O–H groups in total. The third-order valence-electron chi connectivity index (χ3n) is 3.48. The Morgan fingerprint density at radius 2 is 1.95 bits per heavy atom. The van der Waals surface area contributed by atoms with Gasteiger partial charge in [0.05, 0.1) is 5.69 Å². The molecule has 0 radical (unpaired) electrons. The smallest absolute Gasteiger partial charge is 0.0830 e. The van der Waals surface area contributed by atoms with E-state index in [1.165, 1.54) is 11.1 Å². The van der Waals surface area contributed by atoms with Crippen LogP contribution in [0.5, 0.6) is 0 Å². The minimum absolute atomic E-state index is 0.550. The minimum Gasteiger partial charge on any atom is -0.317 e. The van der Waals surface area contributed by atoms with Gasteiger partial charge in [0.25, 0.3) is 0 Å². The van der Waals surface area contributed by atoms with Crippen LogP contribution in [0.15, 0.2) is 30.5 Å². The van der Waals surface area contributed by atoms with Crippen molar-refractivity contribution in [3.63, 3.8) is 0 Å². The van der Waals surface area contributed by atoms with E-state index in [4.69, 9.17) is 0 Å². The zero-order valence-electron chi connectivity index (χ0n) is 12.6. The van der Waals surface area contributed by atoms with Crippen LogP contribution in [0.25, 0.3) is 0 Å². The van der Waals surface area contributed by atoms with Crippen LogP contribution in [0.1, 0.15) is 23.7 Å². The molecule has 0 amide bonds. The lowest BCUT2D eigenvalue weighted by Gasteiger charge is -2.16. The third-order valence-corrected chi connectivity index (χ3v) is 3.48. The molecule has 0 aliphatic rings. The quantitative estimate of drug-likeness (QED) is 0.839. The van der Waals surface area contributed by atoms with Crippen LogP contribution in [-0.2, 0) is 19.9 Å². The van der Waals surface area contributed by atoms with Crippen molar-refractivity contribution in [2.45, 2.75) is 26.7 Å². The van der Waals surface area contributed by atoms with Crippen LogP contribution in [0.3, 0.4) is 0 Å². The second-order valence-electron chi connectivity index (χ2n) is 5.45. The van der Waals surface area contributed by atoms with E-state index in [-0.39, 0.29) is 0 Å². The van der Waals surface area contributed by atoms with Gasteiger partial charge in [0.2, 0.25) is 0 Å². The van der Waals surface area contributed by atoms with Crippen LogP contribution in [0, 0.1) is 12.8 Å². The first-order chi connectivity index (χ1) is 9.67. The van der Waals surface area contributed by atoms with E-state index >= 15 is 0 Å². The maximum atomic E-state index is 4.20. The first-order valence-corrected chi connectivity index (χ1v) is 7.29. The normalized spacial score (nSPS) is 12.6. The molecule has 2 aromatic rings. The summed E-state index contributed by atoms with van der Waals surface area (Å²) in [6.45, 7) is 6.29. The first-order valence-electron chi connectivity index (χ1n) is 7.29. The number of rotatable bonds is 7. The lowest BCUT2D eigenvalue weighted by Crippen LogP contribution is -2.25. The van der Waals surface area contributed by atoms with Gasteiger partial charge in [-0.05, 0) is 44.3 Å². The van der Waals surface area contributed by atoms with E-state index in [0.717, 1.165) is 31.6 Å². The van der Waals surface area contributed by atoms with Crippen LogP contribution in [0.4, 0.5) is 0 Å². The van der Waals surface area contributed by atoms with Crippen LogP contribution < -0.4 is 5.32 Å². The Kier molecular flexibility index (Phi) is 5.30. The molecule has 20 heavy (non-hydrogen) atoms.